The molecule has 0 saturated heterocycles. The summed E-state index contributed by atoms with van der Waals surface area (Å²) in [6.07, 6.45) is 4.70. The summed E-state index contributed by atoms with van der Waals surface area (Å²) in [5.74, 6) is 0.744. The van der Waals surface area contributed by atoms with Gasteiger partial charge in [0.2, 0.25) is 0 Å². The fourth-order valence-corrected chi connectivity index (χ4v) is 2.89. The molecule has 15 heavy (non-hydrogen) atoms. The Morgan fingerprint density at radius 2 is 1.87 bits per heavy atom. The van der Waals surface area contributed by atoms with Crippen LogP contribution in [0.1, 0.15) is 46.0 Å². The van der Waals surface area contributed by atoms with Gasteiger partial charge in [-0.05, 0) is 38.0 Å². The molecule has 1 rings (SSSR count). The van der Waals surface area contributed by atoms with Gasteiger partial charge in [-0.3, -0.25) is 9.87 Å². The molecule has 1 aliphatic carbocycles. The molecule has 1 fully saturated rings. The molecular weight excluding hydrogens is 214 g/mol. The average molecular weight is 235 g/mol. The molecule has 0 spiro atoms. The van der Waals surface area contributed by atoms with Crippen LogP contribution in [-0.4, -0.2) is 24.4 Å². The second-order valence-electron chi connectivity index (χ2n) is 4.54. The Morgan fingerprint density at radius 1 is 1.33 bits per heavy atom. The third-order valence-electron chi connectivity index (χ3n) is 3.17. The van der Waals surface area contributed by atoms with Gasteiger partial charge in [0, 0.05) is 6.04 Å². The van der Waals surface area contributed by atoms with Gasteiger partial charge in [0.25, 0.3) is 10.1 Å². The van der Waals surface area contributed by atoms with Crippen molar-refractivity contribution in [2.75, 3.05) is 0 Å². The number of nitrogens with one attached hydrogen (secondary N) is 1. The third-order valence-corrected chi connectivity index (χ3v) is 4.36. The summed E-state index contributed by atoms with van der Waals surface area (Å²) in [6, 6.07) is 0.244. The van der Waals surface area contributed by atoms with E-state index in [0.717, 1.165) is 31.6 Å². The quantitative estimate of drug-likeness (QED) is 0.729. The van der Waals surface area contributed by atoms with Crippen LogP contribution in [-0.2, 0) is 10.1 Å². The Morgan fingerprint density at radius 3 is 2.27 bits per heavy atom. The minimum atomic E-state index is -3.94. The maximum atomic E-state index is 11.0. The first-order chi connectivity index (χ1) is 6.93. The van der Waals surface area contributed by atoms with E-state index in [2.05, 4.69) is 12.2 Å². The van der Waals surface area contributed by atoms with E-state index < -0.39 is 15.5 Å². The van der Waals surface area contributed by atoms with E-state index in [-0.39, 0.29) is 6.04 Å². The first-order valence-electron chi connectivity index (χ1n) is 5.65. The van der Waals surface area contributed by atoms with E-state index >= 15 is 0 Å². The van der Waals surface area contributed by atoms with Crippen molar-refractivity contribution in [1.82, 2.24) is 5.32 Å². The van der Waals surface area contributed by atoms with Gasteiger partial charge in [-0.1, -0.05) is 13.8 Å². The Labute approximate surface area is 92.2 Å². The highest BCUT2D eigenvalue weighted by atomic mass is 32.2. The van der Waals surface area contributed by atoms with Crippen molar-refractivity contribution >= 4 is 10.1 Å². The summed E-state index contributed by atoms with van der Waals surface area (Å²) in [5.41, 5.74) is 0. The molecule has 0 bridgehead atoms. The lowest BCUT2D eigenvalue weighted by Crippen LogP contribution is -2.44. The monoisotopic (exact) mass is 235 g/mol. The SMILES string of the molecule is CCC(NC1CCC(C)CC1)S(=O)(=O)O. The molecule has 0 aromatic heterocycles. The van der Waals surface area contributed by atoms with Crippen LogP contribution < -0.4 is 5.32 Å². The molecule has 1 aliphatic rings. The van der Waals surface area contributed by atoms with Crippen molar-refractivity contribution in [3.8, 4) is 0 Å². The van der Waals surface area contributed by atoms with Crippen molar-refractivity contribution in [2.45, 2.75) is 57.4 Å². The van der Waals surface area contributed by atoms with Crippen molar-refractivity contribution < 1.29 is 13.0 Å². The van der Waals surface area contributed by atoms with Gasteiger partial charge in [-0.15, -0.1) is 0 Å². The van der Waals surface area contributed by atoms with Gasteiger partial charge in [-0.2, -0.15) is 8.42 Å². The number of rotatable bonds is 4. The molecule has 0 radical (unpaired) electrons. The first kappa shape index (κ1) is 12.9. The lowest BCUT2D eigenvalue weighted by atomic mass is 9.87. The average Bonchev–Trinajstić information content (AvgIpc) is 2.15. The van der Waals surface area contributed by atoms with Crippen LogP contribution in [0.15, 0.2) is 0 Å². The van der Waals surface area contributed by atoms with Crippen LogP contribution in [0, 0.1) is 5.92 Å². The summed E-state index contributed by atoms with van der Waals surface area (Å²) >= 11 is 0. The highest BCUT2D eigenvalue weighted by Gasteiger charge is 2.26. The lowest BCUT2D eigenvalue weighted by Gasteiger charge is -2.29. The van der Waals surface area contributed by atoms with Crippen molar-refractivity contribution in [3.63, 3.8) is 0 Å². The van der Waals surface area contributed by atoms with Crippen LogP contribution in [0.2, 0.25) is 0 Å². The number of hydrogen-bond donors (Lipinski definition) is 2. The van der Waals surface area contributed by atoms with Crippen LogP contribution in [0.5, 0.6) is 0 Å². The molecule has 1 atom stereocenters. The lowest BCUT2D eigenvalue weighted by molar-refractivity contribution is 0.295. The molecule has 4 nitrogen and oxygen atoms in total. The van der Waals surface area contributed by atoms with Gasteiger partial charge in [-0.25, -0.2) is 0 Å². The Kier molecular flexibility index (Phi) is 4.55. The van der Waals surface area contributed by atoms with Crippen LogP contribution >= 0.6 is 0 Å². The molecule has 90 valence electrons. The van der Waals surface area contributed by atoms with E-state index in [1.54, 1.807) is 6.92 Å². The van der Waals surface area contributed by atoms with E-state index in [4.69, 9.17) is 4.55 Å². The standard InChI is InChI=1S/C10H21NO3S/c1-3-10(15(12,13)14)11-9-6-4-8(2)5-7-9/h8-11H,3-7H2,1-2H3,(H,12,13,14). The van der Waals surface area contributed by atoms with Crippen molar-refractivity contribution in [2.24, 2.45) is 5.92 Å². The van der Waals surface area contributed by atoms with Crippen molar-refractivity contribution in [3.05, 3.63) is 0 Å². The zero-order valence-corrected chi connectivity index (χ0v) is 10.3. The van der Waals surface area contributed by atoms with Gasteiger partial charge < -0.3 is 0 Å². The third kappa shape index (κ3) is 4.09. The summed E-state index contributed by atoms with van der Waals surface area (Å²) in [4.78, 5) is 0. The second kappa shape index (κ2) is 5.27. The zero-order valence-electron chi connectivity index (χ0n) is 9.44. The molecule has 0 aliphatic heterocycles. The fraction of sp³-hybridized carbons (Fsp3) is 1.00. The maximum absolute atomic E-state index is 11.0. The van der Waals surface area contributed by atoms with Crippen LogP contribution in [0.3, 0.4) is 0 Å². The van der Waals surface area contributed by atoms with Gasteiger partial charge in [0.1, 0.15) is 5.37 Å². The molecule has 0 aromatic rings. The normalized spacial score (nSPS) is 30.1. The van der Waals surface area contributed by atoms with E-state index in [0.29, 0.717) is 6.42 Å². The van der Waals surface area contributed by atoms with Crippen LogP contribution in [0.25, 0.3) is 0 Å². The summed E-state index contributed by atoms with van der Waals surface area (Å²) in [6.45, 7) is 3.98. The van der Waals surface area contributed by atoms with Gasteiger partial charge in [0.05, 0.1) is 0 Å². The molecule has 5 heteroatoms. The molecule has 1 unspecified atom stereocenters. The molecular formula is C10H21NO3S. The Bertz CT molecular complexity index is 281. The fourth-order valence-electron chi connectivity index (χ4n) is 2.10. The van der Waals surface area contributed by atoms with Crippen LogP contribution in [0.4, 0.5) is 0 Å². The topological polar surface area (TPSA) is 66.4 Å². The summed E-state index contributed by atoms with van der Waals surface area (Å²) in [7, 11) is -3.94. The summed E-state index contributed by atoms with van der Waals surface area (Å²) < 4.78 is 31.0. The minimum Gasteiger partial charge on any atom is -0.296 e. The van der Waals surface area contributed by atoms with Gasteiger partial charge >= 0.3 is 0 Å². The minimum absolute atomic E-state index is 0.244. The summed E-state index contributed by atoms with van der Waals surface area (Å²) in [5, 5.41) is 2.23. The highest BCUT2D eigenvalue weighted by molar-refractivity contribution is 7.86. The predicted octanol–water partition coefficient (Wildman–Crippen LogP) is 1.78. The molecule has 0 amide bonds. The molecule has 1 saturated carbocycles. The highest BCUT2D eigenvalue weighted by Crippen LogP contribution is 2.24. The largest absolute Gasteiger partial charge is 0.296 e. The van der Waals surface area contributed by atoms with E-state index in [1.807, 2.05) is 0 Å². The Balaban J connectivity index is 2.46. The predicted molar refractivity (Wildman–Crippen MR) is 60.2 cm³/mol. The molecule has 2 N–H and O–H groups in total. The van der Waals surface area contributed by atoms with E-state index in [9.17, 15) is 8.42 Å². The first-order valence-corrected chi connectivity index (χ1v) is 7.16. The Hall–Kier alpha value is -0.130. The molecule has 0 heterocycles. The van der Waals surface area contributed by atoms with E-state index in [1.165, 1.54) is 0 Å². The second-order valence-corrected chi connectivity index (χ2v) is 6.13. The number of hydrogen-bond acceptors (Lipinski definition) is 3. The maximum Gasteiger partial charge on any atom is 0.281 e. The van der Waals surface area contributed by atoms with Crippen molar-refractivity contribution in [1.29, 1.82) is 0 Å². The molecule has 0 aromatic carbocycles. The smallest absolute Gasteiger partial charge is 0.281 e. The van der Waals surface area contributed by atoms with Gasteiger partial charge in [0.15, 0.2) is 0 Å². The zero-order chi connectivity index (χ0) is 11.5.